The summed E-state index contributed by atoms with van der Waals surface area (Å²) in [5, 5.41) is 0. The van der Waals surface area contributed by atoms with Crippen LogP contribution < -0.4 is 0 Å². The highest BCUT2D eigenvalue weighted by molar-refractivity contribution is 7.99. The van der Waals surface area contributed by atoms with Crippen molar-refractivity contribution >= 4 is 23.6 Å². The van der Waals surface area contributed by atoms with Crippen molar-refractivity contribution < 1.29 is 9.59 Å². The van der Waals surface area contributed by atoms with Crippen molar-refractivity contribution in [3.63, 3.8) is 0 Å². The number of likely N-dealkylation sites (tertiary alicyclic amines) is 1. The lowest BCUT2D eigenvalue weighted by Crippen LogP contribution is -2.46. The van der Waals surface area contributed by atoms with E-state index in [0.29, 0.717) is 13.1 Å². The summed E-state index contributed by atoms with van der Waals surface area (Å²) in [5.41, 5.74) is 1.75. The third kappa shape index (κ3) is 2.10. The van der Waals surface area contributed by atoms with Crippen molar-refractivity contribution in [2.45, 2.75) is 24.7 Å². The molecule has 22 heavy (non-hydrogen) atoms. The lowest BCUT2D eigenvalue weighted by atomic mass is 9.80. The van der Waals surface area contributed by atoms with Crippen LogP contribution in [0.1, 0.15) is 24.0 Å². The minimum Gasteiger partial charge on any atom is -0.284 e. The number of hydrogen-bond donors (Lipinski definition) is 0. The van der Waals surface area contributed by atoms with Gasteiger partial charge in [0.2, 0.25) is 11.8 Å². The fourth-order valence-electron chi connectivity index (χ4n) is 3.98. The van der Waals surface area contributed by atoms with Crippen LogP contribution in [0.25, 0.3) is 0 Å². The number of hydrogen-bond acceptors (Lipinski definition) is 4. The van der Waals surface area contributed by atoms with E-state index in [1.807, 2.05) is 30.0 Å². The summed E-state index contributed by atoms with van der Waals surface area (Å²) in [7, 11) is 0. The van der Waals surface area contributed by atoms with E-state index in [2.05, 4.69) is 11.0 Å². The first kappa shape index (κ1) is 14.3. The lowest BCUT2D eigenvalue weighted by Gasteiger charge is -2.30. The highest BCUT2D eigenvalue weighted by atomic mass is 32.2. The normalized spacial score (nSPS) is 28.6. The molecular weight excluding hydrogens is 296 g/mol. The van der Waals surface area contributed by atoms with E-state index in [1.54, 1.807) is 0 Å². The molecule has 1 spiro atoms. The molecule has 0 aromatic heterocycles. The van der Waals surface area contributed by atoms with Crippen molar-refractivity contribution in [2.24, 2.45) is 0 Å². The van der Waals surface area contributed by atoms with Crippen molar-refractivity contribution in [1.29, 1.82) is 0 Å². The van der Waals surface area contributed by atoms with Gasteiger partial charge in [-0.05, 0) is 24.0 Å². The molecule has 1 unspecified atom stereocenters. The Morgan fingerprint density at radius 1 is 1.14 bits per heavy atom. The van der Waals surface area contributed by atoms with Gasteiger partial charge in [-0.25, -0.2) is 0 Å². The van der Waals surface area contributed by atoms with Crippen LogP contribution in [-0.2, 0) is 21.4 Å². The van der Waals surface area contributed by atoms with Gasteiger partial charge in [0.25, 0.3) is 0 Å². The van der Waals surface area contributed by atoms with Crippen LogP contribution in [0.5, 0.6) is 0 Å². The van der Waals surface area contributed by atoms with E-state index in [9.17, 15) is 9.59 Å². The summed E-state index contributed by atoms with van der Waals surface area (Å²) < 4.78 is 0. The van der Waals surface area contributed by atoms with Crippen LogP contribution in [0.3, 0.4) is 0 Å². The van der Waals surface area contributed by atoms with Crippen molar-refractivity contribution in [2.75, 3.05) is 31.3 Å². The maximum atomic E-state index is 13.0. The molecular formula is C17H20N2O2S. The molecule has 2 heterocycles. The first-order valence-corrected chi connectivity index (χ1v) is 9.09. The summed E-state index contributed by atoms with van der Waals surface area (Å²) in [5.74, 6) is 2.20. The molecule has 0 N–H and O–H groups in total. The van der Waals surface area contributed by atoms with Gasteiger partial charge < -0.3 is 0 Å². The van der Waals surface area contributed by atoms with Crippen molar-refractivity contribution in [1.82, 2.24) is 9.80 Å². The Labute approximate surface area is 134 Å². The Morgan fingerprint density at radius 2 is 1.91 bits per heavy atom. The number of rotatable bonds is 2. The molecule has 1 atom stereocenters. The number of amides is 2. The number of carbonyl (C=O) groups is 2. The Hall–Kier alpha value is -1.33. The van der Waals surface area contributed by atoms with E-state index in [4.69, 9.17) is 0 Å². The van der Waals surface area contributed by atoms with E-state index in [-0.39, 0.29) is 11.8 Å². The van der Waals surface area contributed by atoms with E-state index in [1.165, 1.54) is 10.5 Å². The molecule has 0 saturated carbocycles. The van der Waals surface area contributed by atoms with Gasteiger partial charge in [0.1, 0.15) is 0 Å². The fourth-order valence-corrected chi connectivity index (χ4v) is 4.96. The molecule has 1 aromatic carbocycles. The SMILES string of the molecule is O=C1CC2(CCc3ccccc32)C(=O)N1CN1CCSCC1. The largest absolute Gasteiger partial charge is 0.284 e. The molecule has 2 amide bonds. The van der Waals surface area contributed by atoms with E-state index >= 15 is 0 Å². The van der Waals surface area contributed by atoms with Gasteiger partial charge in [-0.1, -0.05) is 24.3 Å². The summed E-state index contributed by atoms with van der Waals surface area (Å²) in [6, 6.07) is 8.12. The number of aryl methyl sites for hydroxylation is 1. The zero-order chi connectivity index (χ0) is 15.2. The maximum Gasteiger partial charge on any atom is 0.241 e. The smallest absolute Gasteiger partial charge is 0.241 e. The standard InChI is InChI=1S/C17H20N2O2S/c20-15-11-17(6-5-13-3-1-2-4-14(13)17)16(21)19(15)12-18-7-9-22-10-8-18/h1-4H,5-12H2. The van der Waals surface area contributed by atoms with Crippen LogP contribution in [0.4, 0.5) is 0 Å². The molecule has 0 radical (unpaired) electrons. The number of fused-ring (bicyclic) bond motifs is 2. The molecule has 1 aromatic rings. The molecule has 4 nitrogen and oxygen atoms in total. The third-order valence-electron chi connectivity index (χ3n) is 5.21. The molecule has 2 fully saturated rings. The van der Waals surface area contributed by atoms with Gasteiger partial charge in [0.15, 0.2) is 0 Å². The average molecular weight is 316 g/mol. The van der Waals surface area contributed by atoms with Crippen LogP contribution in [0.15, 0.2) is 24.3 Å². The second-order valence-electron chi connectivity index (χ2n) is 6.41. The van der Waals surface area contributed by atoms with Gasteiger partial charge in [-0.15, -0.1) is 0 Å². The first-order valence-electron chi connectivity index (χ1n) is 7.94. The second kappa shape index (κ2) is 5.39. The van der Waals surface area contributed by atoms with Gasteiger partial charge in [0.05, 0.1) is 12.1 Å². The minimum absolute atomic E-state index is 0.0000652. The molecule has 2 aliphatic heterocycles. The lowest BCUT2D eigenvalue weighted by molar-refractivity contribution is -0.142. The Bertz CT molecular complexity index is 627. The highest BCUT2D eigenvalue weighted by Crippen LogP contribution is 2.46. The van der Waals surface area contributed by atoms with Crippen LogP contribution in [0, 0.1) is 0 Å². The molecule has 116 valence electrons. The van der Waals surface area contributed by atoms with Crippen molar-refractivity contribution in [3.8, 4) is 0 Å². The zero-order valence-corrected chi connectivity index (χ0v) is 13.4. The summed E-state index contributed by atoms with van der Waals surface area (Å²) in [4.78, 5) is 29.3. The fraction of sp³-hybridized carbons (Fsp3) is 0.529. The number of imide groups is 1. The molecule has 1 aliphatic carbocycles. The van der Waals surface area contributed by atoms with Crippen molar-refractivity contribution in [3.05, 3.63) is 35.4 Å². The molecule has 0 bridgehead atoms. The predicted molar refractivity (Wildman–Crippen MR) is 86.7 cm³/mol. The monoisotopic (exact) mass is 316 g/mol. The van der Waals surface area contributed by atoms with Gasteiger partial charge in [-0.3, -0.25) is 19.4 Å². The quantitative estimate of drug-likeness (QED) is 0.778. The molecule has 4 rings (SSSR count). The third-order valence-corrected chi connectivity index (χ3v) is 6.15. The van der Waals surface area contributed by atoms with Crippen LogP contribution >= 0.6 is 11.8 Å². The van der Waals surface area contributed by atoms with Crippen LogP contribution in [-0.4, -0.2) is 52.9 Å². The Morgan fingerprint density at radius 3 is 2.73 bits per heavy atom. The van der Waals surface area contributed by atoms with E-state index < -0.39 is 5.41 Å². The zero-order valence-electron chi connectivity index (χ0n) is 12.6. The highest BCUT2D eigenvalue weighted by Gasteiger charge is 2.55. The number of nitrogens with zero attached hydrogens (tertiary/aromatic N) is 2. The van der Waals surface area contributed by atoms with Crippen LogP contribution in [0.2, 0.25) is 0 Å². The summed E-state index contributed by atoms with van der Waals surface area (Å²) in [6.07, 6.45) is 2.04. The van der Waals surface area contributed by atoms with Gasteiger partial charge in [-0.2, -0.15) is 11.8 Å². The predicted octanol–water partition coefficient (Wildman–Crippen LogP) is 1.64. The van der Waals surface area contributed by atoms with Gasteiger partial charge in [0, 0.05) is 31.0 Å². The summed E-state index contributed by atoms with van der Waals surface area (Å²) >= 11 is 1.94. The van der Waals surface area contributed by atoms with Gasteiger partial charge >= 0.3 is 0 Å². The summed E-state index contributed by atoms with van der Waals surface area (Å²) in [6.45, 7) is 2.40. The molecule has 3 aliphatic rings. The van der Waals surface area contributed by atoms with E-state index in [0.717, 1.165) is 43.0 Å². The first-order chi connectivity index (χ1) is 10.7. The number of benzene rings is 1. The number of thioether (sulfide) groups is 1. The Balaban J connectivity index is 1.60. The Kier molecular flexibility index (Phi) is 3.50. The molecule has 2 saturated heterocycles. The topological polar surface area (TPSA) is 40.6 Å². The minimum atomic E-state index is -0.571. The molecule has 5 heteroatoms. The maximum absolute atomic E-state index is 13.0. The average Bonchev–Trinajstić information content (AvgIpc) is 3.03. The number of carbonyl (C=O) groups excluding carboxylic acids is 2. The second-order valence-corrected chi connectivity index (χ2v) is 7.64.